The Labute approximate surface area is 134 Å². The molecule has 22 heavy (non-hydrogen) atoms. The van der Waals surface area contributed by atoms with E-state index >= 15 is 0 Å². The highest BCUT2D eigenvalue weighted by molar-refractivity contribution is 5.68. The zero-order chi connectivity index (χ0) is 16.2. The highest BCUT2D eigenvalue weighted by Gasteiger charge is 2.29. The Morgan fingerprint density at radius 2 is 1.77 bits per heavy atom. The van der Waals surface area contributed by atoms with Crippen molar-refractivity contribution in [3.8, 4) is 0 Å². The highest BCUT2D eigenvalue weighted by atomic mass is 16.6. The second-order valence-electron chi connectivity index (χ2n) is 7.64. The van der Waals surface area contributed by atoms with E-state index in [1.165, 1.54) is 12.8 Å². The summed E-state index contributed by atoms with van der Waals surface area (Å²) in [6.45, 7) is 7.32. The van der Waals surface area contributed by atoms with Crippen molar-refractivity contribution < 1.29 is 14.3 Å². The van der Waals surface area contributed by atoms with E-state index < -0.39 is 5.60 Å². The summed E-state index contributed by atoms with van der Waals surface area (Å²) in [5, 5.41) is 3.75. The molecule has 1 amide bonds. The number of carbonyl (C=O) groups is 1. The first-order valence-corrected chi connectivity index (χ1v) is 8.64. The standard InChI is InChI=1S/C17H32N2O3/c1-17(2,3)22-16(20)19-11-5-6-14(12-19)18-13-7-9-15(21-4)10-8-13/h13-15,18H,5-12H2,1-4H3/t13?,14-,15?/m1/s1. The zero-order valence-electron chi connectivity index (χ0n) is 14.6. The van der Waals surface area contributed by atoms with Crippen molar-refractivity contribution in [3.05, 3.63) is 0 Å². The number of nitrogens with one attached hydrogen (secondary N) is 1. The van der Waals surface area contributed by atoms with E-state index in [1.807, 2.05) is 25.7 Å². The largest absolute Gasteiger partial charge is 0.444 e. The molecule has 0 aromatic carbocycles. The van der Waals surface area contributed by atoms with E-state index in [2.05, 4.69) is 5.32 Å². The average molecular weight is 312 g/mol. The molecule has 1 heterocycles. The van der Waals surface area contributed by atoms with Gasteiger partial charge in [-0.2, -0.15) is 0 Å². The second-order valence-corrected chi connectivity index (χ2v) is 7.64. The molecule has 1 aliphatic heterocycles. The van der Waals surface area contributed by atoms with Crippen molar-refractivity contribution >= 4 is 6.09 Å². The smallest absolute Gasteiger partial charge is 0.410 e. The van der Waals surface area contributed by atoms with E-state index in [4.69, 9.17) is 9.47 Å². The van der Waals surface area contributed by atoms with Crippen LogP contribution >= 0.6 is 0 Å². The summed E-state index contributed by atoms with van der Waals surface area (Å²) >= 11 is 0. The summed E-state index contributed by atoms with van der Waals surface area (Å²) in [6, 6.07) is 0.959. The monoisotopic (exact) mass is 312 g/mol. The van der Waals surface area contributed by atoms with Crippen LogP contribution in [0.15, 0.2) is 0 Å². The number of piperidine rings is 1. The molecule has 2 fully saturated rings. The minimum absolute atomic E-state index is 0.179. The molecule has 0 bridgehead atoms. The van der Waals surface area contributed by atoms with Gasteiger partial charge in [-0.25, -0.2) is 4.79 Å². The minimum atomic E-state index is -0.421. The van der Waals surface area contributed by atoms with Gasteiger partial charge in [-0.1, -0.05) is 0 Å². The third kappa shape index (κ3) is 5.43. The van der Waals surface area contributed by atoms with Crippen molar-refractivity contribution in [2.24, 2.45) is 0 Å². The second kappa shape index (κ2) is 7.64. The summed E-state index contributed by atoms with van der Waals surface area (Å²) < 4.78 is 10.9. The van der Waals surface area contributed by atoms with Crippen molar-refractivity contribution in [2.75, 3.05) is 20.2 Å². The van der Waals surface area contributed by atoms with Gasteiger partial charge < -0.3 is 19.7 Å². The molecule has 1 saturated carbocycles. The number of hydrogen-bond donors (Lipinski definition) is 1. The quantitative estimate of drug-likeness (QED) is 0.870. The Kier molecular flexibility index (Phi) is 6.09. The summed E-state index contributed by atoms with van der Waals surface area (Å²) in [6.07, 6.45) is 7.05. The van der Waals surface area contributed by atoms with Crippen molar-refractivity contribution in [2.45, 2.75) is 83.1 Å². The third-order valence-electron chi connectivity index (χ3n) is 4.55. The SMILES string of the molecule is COC1CCC(N[C@@H]2CCCN(C(=O)OC(C)(C)C)C2)CC1. The maximum Gasteiger partial charge on any atom is 0.410 e. The topological polar surface area (TPSA) is 50.8 Å². The summed E-state index contributed by atoms with van der Waals surface area (Å²) in [7, 11) is 1.80. The molecule has 2 aliphatic rings. The minimum Gasteiger partial charge on any atom is -0.444 e. The van der Waals surface area contributed by atoms with Crippen LogP contribution in [0.2, 0.25) is 0 Å². The Morgan fingerprint density at radius 1 is 1.09 bits per heavy atom. The fourth-order valence-electron chi connectivity index (χ4n) is 3.40. The van der Waals surface area contributed by atoms with Gasteiger partial charge in [0.1, 0.15) is 5.60 Å². The van der Waals surface area contributed by atoms with E-state index in [0.717, 1.165) is 38.8 Å². The molecule has 5 nitrogen and oxygen atoms in total. The number of hydrogen-bond acceptors (Lipinski definition) is 4. The Morgan fingerprint density at radius 3 is 2.36 bits per heavy atom. The molecule has 0 aromatic rings. The van der Waals surface area contributed by atoms with Crippen molar-refractivity contribution in [3.63, 3.8) is 0 Å². The van der Waals surface area contributed by atoms with Crippen LogP contribution in [0.1, 0.15) is 59.3 Å². The van der Waals surface area contributed by atoms with Crippen molar-refractivity contribution in [1.29, 1.82) is 0 Å². The third-order valence-corrected chi connectivity index (χ3v) is 4.55. The Bertz CT molecular complexity index is 359. The lowest BCUT2D eigenvalue weighted by atomic mass is 9.91. The molecule has 1 aliphatic carbocycles. The highest BCUT2D eigenvalue weighted by Crippen LogP contribution is 2.22. The van der Waals surface area contributed by atoms with Crippen LogP contribution in [0, 0.1) is 0 Å². The first-order valence-electron chi connectivity index (χ1n) is 8.64. The van der Waals surface area contributed by atoms with Gasteiger partial charge in [-0.15, -0.1) is 0 Å². The Hall–Kier alpha value is -0.810. The predicted octanol–water partition coefficient (Wildman–Crippen LogP) is 2.93. The average Bonchev–Trinajstić information content (AvgIpc) is 2.46. The molecule has 1 saturated heterocycles. The number of likely N-dealkylation sites (tertiary alicyclic amines) is 1. The molecule has 0 spiro atoms. The summed E-state index contributed by atoms with van der Waals surface area (Å²) in [5.41, 5.74) is -0.421. The van der Waals surface area contributed by atoms with Gasteiger partial charge in [0.05, 0.1) is 6.10 Å². The van der Waals surface area contributed by atoms with Gasteiger partial charge in [0.25, 0.3) is 0 Å². The van der Waals surface area contributed by atoms with Crippen LogP contribution in [0.4, 0.5) is 4.79 Å². The lowest BCUT2D eigenvalue weighted by Gasteiger charge is -2.37. The number of methoxy groups -OCH3 is 1. The first-order chi connectivity index (χ1) is 10.4. The molecule has 0 aromatic heterocycles. The maximum atomic E-state index is 12.2. The first kappa shape index (κ1) is 17.5. The zero-order valence-corrected chi connectivity index (χ0v) is 14.6. The van der Waals surface area contributed by atoms with Crippen LogP contribution in [0.25, 0.3) is 0 Å². The molecule has 0 radical (unpaired) electrons. The number of rotatable bonds is 3. The maximum absolute atomic E-state index is 12.2. The van der Waals surface area contributed by atoms with Crippen LogP contribution in [0.3, 0.4) is 0 Å². The molecule has 2 rings (SSSR count). The molecule has 1 N–H and O–H groups in total. The molecular formula is C17H32N2O3. The van der Waals surface area contributed by atoms with E-state index in [1.54, 1.807) is 7.11 Å². The van der Waals surface area contributed by atoms with Gasteiger partial charge >= 0.3 is 6.09 Å². The van der Waals surface area contributed by atoms with E-state index in [9.17, 15) is 4.79 Å². The number of ether oxygens (including phenoxy) is 2. The molecule has 5 heteroatoms. The van der Waals surface area contributed by atoms with Gasteiger partial charge in [0.15, 0.2) is 0 Å². The summed E-state index contributed by atoms with van der Waals surface area (Å²) in [4.78, 5) is 14.0. The fourth-order valence-corrected chi connectivity index (χ4v) is 3.40. The summed E-state index contributed by atoms with van der Waals surface area (Å²) in [5.74, 6) is 0. The predicted molar refractivity (Wildman–Crippen MR) is 87.0 cm³/mol. The van der Waals surface area contributed by atoms with Crippen LogP contribution in [-0.4, -0.2) is 55.0 Å². The van der Waals surface area contributed by atoms with Crippen LogP contribution in [-0.2, 0) is 9.47 Å². The molecule has 128 valence electrons. The number of nitrogens with zero attached hydrogens (tertiary/aromatic N) is 1. The van der Waals surface area contributed by atoms with Gasteiger partial charge in [0, 0.05) is 32.3 Å². The number of amides is 1. The molecule has 0 unspecified atom stereocenters. The van der Waals surface area contributed by atoms with Gasteiger partial charge in [-0.05, 0) is 59.3 Å². The molecular weight excluding hydrogens is 280 g/mol. The lowest BCUT2D eigenvalue weighted by molar-refractivity contribution is 0.0173. The number of carbonyl (C=O) groups excluding carboxylic acids is 1. The fraction of sp³-hybridized carbons (Fsp3) is 0.941. The molecule has 1 atom stereocenters. The van der Waals surface area contributed by atoms with Gasteiger partial charge in [0.2, 0.25) is 0 Å². The van der Waals surface area contributed by atoms with E-state index in [0.29, 0.717) is 18.2 Å². The van der Waals surface area contributed by atoms with Crippen LogP contribution < -0.4 is 5.32 Å². The van der Waals surface area contributed by atoms with E-state index in [-0.39, 0.29) is 6.09 Å². The van der Waals surface area contributed by atoms with Gasteiger partial charge in [-0.3, -0.25) is 0 Å². The van der Waals surface area contributed by atoms with Crippen LogP contribution in [0.5, 0.6) is 0 Å². The lowest BCUT2D eigenvalue weighted by Crippen LogP contribution is -2.52. The Balaban J connectivity index is 1.77. The van der Waals surface area contributed by atoms with Crippen molar-refractivity contribution in [1.82, 2.24) is 10.2 Å². The normalized spacial score (nSPS) is 30.2.